The fourth-order valence-electron chi connectivity index (χ4n) is 12.0. The summed E-state index contributed by atoms with van der Waals surface area (Å²) in [5.74, 6) is 2.39. The second-order valence-electron chi connectivity index (χ2n) is 22.4. The third-order valence-electron chi connectivity index (χ3n) is 16.2. The fourth-order valence-corrected chi connectivity index (χ4v) is 12.0. The summed E-state index contributed by atoms with van der Waals surface area (Å²) in [4.78, 5) is 74.2. The normalized spacial score (nSPS) is 21.2. The van der Waals surface area contributed by atoms with Crippen molar-refractivity contribution in [3.8, 4) is 35.1 Å². The van der Waals surface area contributed by atoms with Gasteiger partial charge in [0.2, 0.25) is 17.8 Å². The van der Waals surface area contributed by atoms with E-state index in [1.165, 1.54) is 4.90 Å². The molecule has 0 radical (unpaired) electrons. The highest BCUT2D eigenvalue weighted by molar-refractivity contribution is 5.93. The van der Waals surface area contributed by atoms with E-state index in [4.69, 9.17) is 26.2 Å². The molecule has 6 N–H and O–H groups in total. The van der Waals surface area contributed by atoms with Crippen molar-refractivity contribution in [1.29, 1.82) is 0 Å². The number of H-pyrrole nitrogens is 1. The van der Waals surface area contributed by atoms with E-state index in [2.05, 4.69) is 48.5 Å². The van der Waals surface area contributed by atoms with Crippen LogP contribution in [-0.2, 0) is 27.3 Å². The molecular weight excluding hydrogens is 955 g/mol. The zero-order valence-corrected chi connectivity index (χ0v) is 43.1. The Morgan fingerprint density at radius 1 is 1.01 bits per heavy atom. The zero-order chi connectivity index (χ0) is 52.8. The Morgan fingerprint density at radius 2 is 1.76 bits per heavy atom. The number of phenols is 1. The van der Waals surface area contributed by atoms with Crippen molar-refractivity contribution in [3.05, 3.63) is 88.9 Å². The number of piperidine rings is 1. The number of hydrogen-bond donors (Lipinski definition) is 6. The number of para-hydroxylation sites is 1. The molecule has 10 rings (SSSR count). The number of hydrogen-bond acceptors (Lipinski definition) is 13. The molecule has 0 unspecified atom stereocenters. The number of β-amino-alcohol motifs (C(OH)–C–C–N with tert-alkyl or cyclic N) is 1. The van der Waals surface area contributed by atoms with Crippen LogP contribution in [0, 0.1) is 23.2 Å². The van der Waals surface area contributed by atoms with Gasteiger partial charge in [-0.3, -0.25) is 14.4 Å². The number of benzene rings is 2. The van der Waals surface area contributed by atoms with Crippen LogP contribution in [0.15, 0.2) is 60.9 Å². The number of carboxylic acids is 1. The van der Waals surface area contributed by atoms with Crippen LogP contribution in [0.2, 0.25) is 0 Å². The molecule has 19 nitrogen and oxygen atoms in total. The molecule has 4 atom stereocenters. The van der Waals surface area contributed by atoms with Crippen molar-refractivity contribution >= 4 is 40.8 Å². The Hall–Kier alpha value is -7.30. The molecule has 2 aromatic carbocycles. The monoisotopic (exact) mass is 1020 g/mol. The molecular formula is C56H67N11O8. The van der Waals surface area contributed by atoms with Gasteiger partial charge < -0.3 is 55.3 Å². The minimum absolute atomic E-state index is 0.00268. The van der Waals surface area contributed by atoms with Crippen molar-refractivity contribution in [2.24, 2.45) is 10.8 Å². The SMILES string of the molecule is C#Cc1ccc(CNC(=O)[C@@H]2C[C@@H](O)CN2C(=O)[C@@H](NC(=O)N2CC3(CC(N4CCC(c5cnc(N6CCc7[nH]c8nnc(-c9ccccc9O)cc8c7[C@H]6C)nc5)CC4)C3)C2)C(C)(C)C)c(OCCCC(=O)O)c1. The fraction of sp³-hybridized carbons (Fsp3) is 0.500. The second kappa shape index (κ2) is 20.8. The van der Waals surface area contributed by atoms with Gasteiger partial charge in [0.15, 0.2) is 5.65 Å². The summed E-state index contributed by atoms with van der Waals surface area (Å²) in [5, 5.41) is 46.0. The van der Waals surface area contributed by atoms with Crippen LogP contribution in [0.5, 0.6) is 11.5 Å². The van der Waals surface area contributed by atoms with Crippen molar-refractivity contribution in [3.63, 3.8) is 0 Å². The number of anilines is 1. The molecule has 0 bridgehead atoms. The largest absolute Gasteiger partial charge is 0.507 e. The van der Waals surface area contributed by atoms with E-state index in [1.54, 1.807) is 35.2 Å². The Balaban J connectivity index is 0.689. The van der Waals surface area contributed by atoms with E-state index in [0.29, 0.717) is 59.1 Å². The Labute approximate surface area is 436 Å². The first-order valence-corrected chi connectivity index (χ1v) is 26.2. The summed E-state index contributed by atoms with van der Waals surface area (Å²) in [6, 6.07) is 12.5. The number of aliphatic hydroxyl groups excluding tert-OH is 1. The molecule has 4 aliphatic heterocycles. The highest BCUT2D eigenvalue weighted by atomic mass is 16.5. The molecule has 4 amide bonds. The second-order valence-corrected chi connectivity index (χ2v) is 22.4. The molecule has 394 valence electrons. The Morgan fingerprint density at radius 3 is 2.47 bits per heavy atom. The van der Waals surface area contributed by atoms with Gasteiger partial charge in [0, 0.05) is 109 Å². The number of aromatic nitrogens is 5. The average Bonchev–Trinajstić information content (AvgIpc) is 3.97. The first kappa shape index (κ1) is 51.2. The molecule has 75 heavy (non-hydrogen) atoms. The van der Waals surface area contributed by atoms with Crippen LogP contribution in [0.3, 0.4) is 0 Å². The average molecular weight is 1020 g/mol. The van der Waals surface area contributed by atoms with Gasteiger partial charge in [-0.15, -0.1) is 16.6 Å². The molecule has 1 spiro atoms. The predicted molar refractivity (Wildman–Crippen MR) is 280 cm³/mol. The van der Waals surface area contributed by atoms with Crippen molar-refractivity contribution < 1.29 is 39.2 Å². The highest BCUT2D eigenvalue weighted by Gasteiger charge is 2.56. The maximum absolute atomic E-state index is 14.3. The number of nitrogens with one attached hydrogen (secondary N) is 3. The van der Waals surface area contributed by atoms with E-state index in [1.807, 2.05) is 51.4 Å². The number of terminal acetylenes is 1. The summed E-state index contributed by atoms with van der Waals surface area (Å²) < 4.78 is 5.85. The molecule has 4 fully saturated rings. The smallest absolute Gasteiger partial charge is 0.318 e. The molecule has 5 aliphatic rings. The first-order valence-electron chi connectivity index (χ1n) is 26.2. The lowest BCUT2D eigenvalue weighted by Crippen LogP contribution is -2.70. The molecule has 3 saturated heterocycles. The number of aromatic hydroxyl groups is 1. The van der Waals surface area contributed by atoms with E-state index in [-0.39, 0.29) is 62.2 Å². The third kappa shape index (κ3) is 10.5. The van der Waals surface area contributed by atoms with Gasteiger partial charge in [0.1, 0.15) is 23.6 Å². The number of phenolic OH excluding ortho intramolecular Hbond substituents is 1. The number of aromatic amines is 1. The van der Waals surface area contributed by atoms with Crippen LogP contribution >= 0.6 is 0 Å². The number of nitrogens with zero attached hydrogens (tertiary/aromatic N) is 8. The number of carbonyl (C=O) groups is 4. The van der Waals surface area contributed by atoms with Gasteiger partial charge in [0.05, 0.1) is 24.4 Å². The summed E-state index contributed by atoms with van der Waals surface area (Å²) in [6.07, 6.45) is 13.8. The number of amides is 4. The number of rotatable bonds is 14. The molecule has 1 saturated carbocycles. The molecule has 19 heteroatoms. The van der Waals surface area contributed by atoms with Gasteiger partial charge >= 0.3 is 12.0 Å². The number of ether oxygens (including phenoxy) is 1. The standard InChI is InChI=1S/C56H67N11O8/c1-6-34-13-14-36(46(22-34)75-21-9-12-47(70)71)27-57-51(72)44-23-39(68)30-67(44)52(73)49(55(3,4)5)61-54(74)65-31-56(32-65)25-38(26-56)64-18-15-35(16-19-64)37-28-58-53(59-29-37)66-20-17-42-48(33(66)2)41-24-43(62-63-50(41)60-42)40-10-7-8-11-45(40)69/h1,7-8,10-11,13-14,22,24,28-29,33,35,38-39,44,49,68-69H,9,12,15-21,23,25-27,30-32H2,2-5H3,(H,57,72)(H,60,63)(H,61,74)(H,70,71)/t33-,39-,44+,49-/m1/s1. The topological polar surface area (TPSA) is 243 Å². The van der Waals surface area contributed by atoms with E-state index in [9.17, 15) is 29.4 Å². The maximum atomic E-state index is 14.3. The quantitative estimate of drug-likeness (QED) is 0.0594. The van der Waals surface area contributed by atoms with E-state index < -0.39 is 41.4 Å². The first-order chi connectivity index (χ1) is 36.0. The van der Waals surface area contributed by atoms with Crippen molar-refractivity contribution in [1.82, 2.24) is 50.5 Å². The molecule has 1 aliphatic carbocycles. The van der Waals surface area contributed by atoms with Crippen LogP contribution < -0.4 is 20.3 Å². The summed E-state index contributed by atoms with van der Waals surface area (Å²) in [5.41, 5.74) is 5.97. The van der Waals surface area contributed by atoms with Crippen LogP contribution in [-0.4, -0.2) is 149 Å². The lowest BCUT2D eigenvalue weighted by molar-refractivity contribution is -0.142. The zero-order valence-electron chi connectivity index (χ0n) is 43.1. The number of aliphatic hydroxyl groups is 1. The maximum Gasteiger partial charge on any atom is 0.318 e. The summed E-state index contributed by atoms with van der Waals surface area (Å²) >= 11 is 0. The summed E-state index contributed by atoms with van der Waals surface area (Å²) in [6.45, 7) is 11.9. The summed E-state index contributed by atoms with van der Waals surface area (Å²) in [7, 11) is 0. The minimum Gasteiger partial charge on any atom is -0.507 e. The van der Waals surface area contributed by atoms with Crippen LogP contribution in [0.4, 0.5) is 10.7 Å². The number of aliphatic carboxylic acids is 1. The van der Waals surface area contributed by atoms with E-state index >= 15 is 0 Å². The van der Waals surface area contributed by atoms with Gasteiger partial charge in [-0.05, 0) is 99.3 Å². The van der Waals surface area contributed by atoms with Crippen molar-refractivity contribution in [2.45, 2.75) is 122 Å². The van der Waals surface area contributed by atoms with Gasteiger partial charge in [-0.1, -0.05) is 44.9 Å². The Kier molecular flexibility index (Phi) is 14.2. The van der Waals surface area contributed by atoms with Gasteiger partial charge in [-0.25, -0.2) is 14.8 Å². The molecule has 7 heterocycles. The third-order valence-corrected chi connectivity index (χ3v) is 16.2. The molecule has 3 aromatic heterocycles. The lowest BCUT2D eigenvalue weighted by Gasteiger charge is -2.61. The number of fused-ring (bicyclic) bond motifs is 3. The van der Waals surface area contributed by atoms with Gasteiger partial charge in [-0.2, -0.15) is 0 Å². The van der Waals surface area contributed by atoms with Crippen LogP contribution in [0.1, 0.15) is 113 Å². The van der Waals surface area contributed by atoms with E-state index in [0.717, 1.165) is 79.6 Å². The Bertz CT molecular complexity index is 3000. The van der Waals surface area contributed by atoms with Crippen molar-refractivity contribution in [2.75, 3.05) is 50.8 Å². The number of urea groups is 1. The van der Waals surface area contributed by atoms with Crippen LogP contribution in [0.25, 0.3) is 22.3 Å². The minimum atomic E-state index is -0.965. The van der Waals surface area contributed by atoms with Gasteiger partial charge in [0.25, 0.3) is 0 Å². The highest BCUT2D eigenvalue weighted by Crippen LogP contribution is 2.51. The predicted octanol–water partition coefficient (Wildman–Crippen LogP) is 5.52. The number of likely N-dealkylation sites (tertiary alicyclic amines) is 3. The number of carbonyl (C=O) groups excluding carboxylic acids is 3. The number of carboxylic acid groups (broad SMARTS) is 1. The molecule has 5 aromatic rings. The lowest BCUT2D eigenvalue weighted by atomic mass is 9.60.